The molecule has 0 heterocycles. The predicted molar refractivity (Wildman–Crippen MR) is 37.4 cm³/mol. The first kappa shape index (κ1) is 13.7. The number of carbonyl (C=O) groups is 2. The summed E-state index contributed by atoms with van der Waals surface area (Å²) in [6, 6.07) is 0. The Hall–Kier alpha value is -0.877. The number of carbonyl (C=O) groups excluding carboxylic acids is 4. The van der Waals surface area contributed by atoms with Gasteiger partial charge in [-0.15, -0.1) is 0 Å². The molecule has 12 heavy (non-hydrogen) atoms. The predicted octanol–water partition coefficient (Wildman–Crippen LogP) is -0.242. The second-order valence-corrected chi connectivity index (χ2v) is 2.96. The topological polar surface area (TPSA) is 68.3 Å². The molecule has 0 aliphatic carbocycles. The molecule has 0 amide bonds. The Bertz CT molecular complexity index is 241. The molecule has 0 aromatic heterocycles. The van der Waals surface area contributed by atoms with Crippen LogP contribution in [-0.2, 0) is 35.4 Å². The number of hydrogen-bond donors (Lipinski definition) is 0. The van der Waals surface area contributed by atoms with Gasteiger partial charge in [0.05, 0.1) is 6.42 Å². The van der Waals surface area contributed by atoms with Crippen LogP contribution in [0.25, 0.3) is 0 Å². The van der Waals surface area contributed by atoms with Gasteiger partial charge < -0.3 is 0 Å². The third-order valence-corrected chi connectivity index (χ3v) is 0.925. The van der Waals surface area contributed by atoms with E-state index >= 15 is 0 Å². The van der Waals surface area contributed by atoms with Crippen molar-refractivity contribution in [1.82, 2.24) is 0 Å². The van der Waals surface area contributed by atoms with E-state index in [2.05, 4.69) is 0 Å². The van der Waals surface area contributed by atoms with E-state index in [1.807, 2.05) is 0 Å². The van der Waals surface area contributed by atoms with Crippen LogP contribution in [0.5, 0.6) is 0 Å². The Kier molecular flexibility index (Phi) is 11.6. The quantitative estimate of drug-likeness (QED) is 0.505. The molecule has 0 saturated heterocycles. The molecule has 0 aromatic carbocycles. The van der Waals surface area contributed by atoms with Crippen molar-refractivity contribution in [2.75, 3.05) is 0 Å². The third-order valence-electron chi connectivity index (χ3n) is 0.570. The normalized spacial score (nSPS) is 6.83. The Morgan fingerprint density at radius 2 is 1.42 bits per heavy atom. The second-order valence-electron chi connectivity index (χ2n) is 1.81. The van der Waals surface area contributed by atoms with Gasteiger partial charge in [0.15, 0.2) is 0 Å². The molecule has 0 spiro atoms. The Balaban J connectivity index is 0. The summed E-state index contributed by atoms with van der Waals surface area (Å²) in [6.45, 7) is 2.81. The Labute approximate surface area is 76.6 Å². The van der Waals surface area contributed by atoms with Crippen molar-refractivity contribution in [3.8, 4) is 0 Å². The SMILES string of the molecule is CC(=O)CC(C)=O.O=[C]=[Ru]=[C]=O. The molecule has 0 bridgehead atoms. The van der Waals surface area contributed by atoms with Gasteiger partial charge in [-0.2, -0.15) is 0 Å². The molecule has 4 nitrogen and oxygen atoms in total. The van der Waals surface area contributed by atoms with Gasteiger partial charge in [0.1, 0.15) is 11.6 Å². The van der Waals surface area contributed by atoms with E-state index < -0.39 is 16.2 Å². The summed E-state index contributed by atoms with van der Waals surface area (Å²) in [4.78, 5) is 38.2. The summed E-state index contributed by atoms with van der Waals surface area (Å²) >= 11 is -0.842. The van der Waals surface area contributed by atoms with Crippen LogP contribution in [0.1, 0.15) is 20.3 Å². The van der Waals surface area contributed by atoms with Gasteiger partial charge in [0, 0.05) is 0 Å². The molecular weight excluding hydrogens is 249 g/mol. The summed E-state index contributed by atoms with van der Waals surface area (Å²) in [7, 11) is 0. The van der Waals surface area contributed by atoms with Crippen molar-refractivity contribution in [3.05, 3.63) is 0 Å². The molecule has 0 radical (unpaired) electrons. The van der Waals surface area contributed by atoms with Gasteiger partial charge >= 0.3 is 34.8 Å². The van der Waals surface area contributed by atoms with Crippen LogP contribution in [0.15, 0.2) is 0 Å². The average Bonchev–Trinajstić information content (AvgIpc) is 1.87. The second kappa shape index (κ2) is 10.1. The van der Waals surface area contributed by atoms with Crippen molar-refractivity contribution < 1.29 is 35.4 Å². The average molecular weight is 257 g/mol. The van der Waals surface area contributed by atoms with Crippen molar-refractivity contribution in [1.29, 1.82) is 0 Å². The molecule has 0 atom stereocenters. The van der Waals surface area contributed by atoms with Crippen LogP contribution in [0, 0.1) is 0 Å². The van der Waals surface area contributed by atoms with Gasteiger partial charge in [-0.05, 0) is 13.8 Å². The molecule has 0 aliphatic heterocycles. The first-order chi connectivity index (χ1) is 5.54. The van der Waals surface area contributed by atoms with Gasteiger partial charge in [-0.1, -0.05) is 0 Å². The van der Waals surface area contributed by atoms with Crippen molar-refractivity contribution in [2.24, 2.45) is 0 Å². The fraction of sp³-hybridized carbons (Fsp3) is 0.429. The van der Waals surface area contributed by atoms with E-state index in [1.165, 1.54) is 22.8 Å². The van der Waals surface area contributed by atoms with E-state index in [9.17, 15) is 9.59 Å². The van der Waals surface area contributed by atoms with E-state index in [-0.39, 0.29) is 18.0 Å². The van der Waals surface area contributed by atoms with Crippen molar-refractivity contribution >= 4 is 20.5 Å². The zero-order valence-corrected chi connectivity index (χ0v) is 8.43. The van der Waals surface area contributed by atoms with Crippen LogP contribution < -0.4 is 0 Å². The van der Waals surface area contributed by atoms with Crippen molar-refractivity contribution in [3.63, 3.8) is 0 Å². The third kappa shape index (κ3) is 22.9. The van der Waals surface area contributed by atoms with Crippen LogP contribution in [0.2, 0.25) is 0 Å². The molecule has 68 valence electrons. The summed E-state index contributed by atoms with van der Waals surface area (Å²) in [5.74, 6) is -0.125. The van der Waals surface area contributed by atoms with Gasteiger partial charge in [0.2, 0.25) is 0 Å². The maximum absolute atomic E-state index is 10.0. The van der Waals surface area contributed by atoms with Crippen LogP contribution in [0.3, 0.4) is 0 Å². The van der Waals surface area contributed by atoms with Gasteiger partial charge in [0.25, 0.3) is 0 Å². The summed E-state index contributed by atoms with van der Waals surface area (Å²) in [5, 5.41) is 0. The Morgan fingerprint density at radius 1 is 1.08 bits per heavy atom. The van der Waals surface area contributed by atoms with E-state index in [1.54, 1.807) is 0 Å². The molecular formula is C7H8O4Ru. The first-order valence-corrected chi connectivity index (χ1v) is 4.62. The minimum atomic E-state index is -0.842. The van der Waals surface area contributed by atoms with E-state index in [0.29, 0.717) is 0 Å². The fourth-order valence-corrected chi connectivity index (χ4v) is 0.438. The monoisotopic (exact) mass is 258 g/mol. The minimum absolute atomic E-state index is 0.0625. The zero-order valence-electron chi connectivity index (χ0n) is 6.69. The molecule has 0 unspecified atom stereocenters. The summed E-state index contributed by atoms with van der Waals surface area (Å²) in [6.07, 6.45) is 0.0833. The number of rotatable bonds is 2. The van der Waals surface area contributed by atoms with E-state index in [4.69, 9.17) is 9.59 Å². The van der Waals surface area contributed by atoms with Gasteiger partial charge in [-0.3, -0.25) is 9.59 Å². The molecule has 0 aliphatic rings. The molecule has 0 saturated carbocycles. The van der Waals surface area contributed by atoms with Crippen LogP contribution >= 0.6 is 0 Å². The molecule has 0 N–H and O–H groups in total. The van der Waals surface area contributed by atoms with E-state index in [0.717, 1.165) is 0 Å². The van der Waals surface area contributed by atoms with Gasteiger partial charge in [-0.25, -0.2) is 0 Å². The standard InChI is InChI=1S/C5H8O2.2CO.Ru/c1-4(6)3-5(2)7;2*1-2;/h3H2,1-2H3;;;. The number of Topliss-reactive ketones (excluding diaryl/α,β-unsaturated/α-hetero) is 2. The molecule has 0 rings (SSSR count). The van der Waals surface area contributed by atoms with Crippen LogP contribution in [0.4, 0.5) is 0 Å². The molecule has 5 heteroatoms. The van der Waals surface area contributed by atoms with Crippen molar-refractivity contribution in [2.45, 2.75) is 20.3 Å². The summed E-state index contributed by atoms with van der Waals surface area (Å²) in [5.41, 5.74) is 0. The van der Waals surface area contributed by atoms with Crippen LogP contribution in [-0.4, -0.2) is 20.5 Å². The first-order valence-electron chi connectivity index (χ1n) is 2.88. The fourth-order valence-electron chi connectivity index (χ4n) is 0.365. The Morgan fingerprint density at radius 3 is 1.42 bits per heavy atom. The zero-order chi connectivity index (χ0) is 9.98. The molecule has 0 aromatic rings. The molecule has 0 fully saturated rings. The summed E-state index contributed by atoms with van der Waals surface area (Å²) < 4.78 is 2.87. The maximum atomic E-state index is 10.0. The number of hydrogen-bond acceptors (Lipinski definition) is 4. The number of ketones is 2.